The number of carbonyl (C=O) groups excluding carboxylic acids is 1. The Hall–Kier alpha value is -1.26. The van der Waals surface area contributed by atoms with Crippen molar-refractivity contribution in [3.63, 3.8) is 0 Å². The molecule has 1 aliphatic heterocycles. The molecule has 5 heteroatoms. The summed E-state index contributed by atoms with van der Waals surface area (Å²) in [6.07, 6.45) is 5.70. The van der Waals surface area contributed by atoms with Crippen LogP contribution in [0.3, 0.4) is 0 Å². The normalized spacial score (nSPS) is 33.6. The summed E-state index contributed by atoms with van der Waals surface area (Å²) in [6.45, 7) is 4.80. The van der Waals surface area contributed by atoms with Gasteiger partial charge in [0, 0.05) is 25.7 Å². The number of carbonyl (C=O) groups is 2. The van der Waals surface area contributed by atoms with Crippen molar-refractivity contribution in [2.24, 2.45) is 11.8 Å². The third-order valence-electron chi connectivity index (χ3n) is 5.31. The van der Waals surface area contributed by atoms with E-state index in [0.717, 1.165) is 18.8 Å². The lowest BCUT2D eigenvalue weighted by molar-refractivity contribution is -0.143. The van der Waals surface area contributed by atoms with Crippen molar-refractivity contribution in [2.45, 2.75) is 64.5 Å². The molecule has 1 saturated heterocycles. The predicted molar refractivity (Wildman–Crippen MR) is 81.1 cm³/mol. The summed E-state index contributed by atoms with van der Waals surface area (Å²) in [5.41, 5.74) is 0. The number of aliphatic carboxylic acids is 1. The molecule has 2 atom stereocenters. The maximum absolute atomic E-state index is 12.7. The fraction of sp³-hybridized carbons (Fsp3) is 0.875. The molecule has 1 N–H and O–H groups in total. The highest BCUT2D eigenvalue weighted by atomic mass is 16.4. The van der Waals surface area contributed by atoms with Gasteiger partial charge < -0.3 is 14.9 Å². The minimum Gasteiger partial charge on any atom is -0.481 e. The van der Waals surface area contributed by atoms with Crippen molar-refractivity contribution in [2.75, 3.05) is 13.6 Å². The first-order valence-corrected chi connectivity index (χ1v) is 8.16. The fourth-order valence-corrected chi connectivity index (χ4v) is 3.67. The van der Waals surface area contributed by atoms with Crippen LogP contribution in [0.4, 0.5) is 4.79 Å². The van der Waals surface area contributed by atoms with Crippen molar-refractivity contribution in [1.82, 2.24) is 9.80 Å². The number of piperidine rings is 1. The minimum atomic E-state index is -0.733. The van der Waals surface area contributed by atoms with Crippen LogP contribution in [-0.2, 0) is 4.79 Å². The van der Waals surface area contributed by atoms with Gasteiger partial charge in [0.15, 0.2) is 0 Å². The van der Waals surface area contributed by atoms with E-state index in [4.69, 9.17) is 5.11 Å². The van der Waals surface area contributed by atoms with Gasteiger partial charge in [-0.1, -0.05) is 6.92 Å². The topological polar surface area (TPSA) is 60.9 Å². The quantitative estimate of drug-likeness (QED) is 0.852. The average molecular weight is 296 g/mol. The second kappa shape index (κ2) is 6.67. The first-order chi connectivity index (χ1) is 9.90. The minimum absolute atomic E-state index is 0.0114. The molecule has 120 valence electrons. The van der Waals surface area contributed by atoms with Gasteiger partial charge in [0.2, 0.25) is 0 Å². The van der Waals surface area contributed by atoms with E-state index in [1.165, 1.54) is 12.8 Å². The SMILES string of the molecule is CC1CCC(N(C)C(=O)N2CCC(C(=O)O)CC2C)CC1. The molecule has 0 radical (unpaired) electrons. The van der Waals surface area contributed by atoms with Gasteiger partial charge in [-0.25, -0.2) is 4.79 Å². The molecule has 21 heavy (non-hydrogen) atoms. The second-order valence-corrected chi connectivity index (χ2v) is 6.91. The van der Waals surface area contributed by atoms with Gasteiger partial charge in [-0.15, -0.1) is 0 Å². The summed E-state index contributed by atoms with van der Waals surface area (Å²) in [5.74, 6) is -0.261. The number of hydrogen-bond donors (Lipinski definition) is 1. The first-order valence-electron chi connectivity index (χ1n) is 8.16. The maximum atomic E-state index is 12.7. The molecule has 2 aliphatic rings. The first kappa shape index (κ1) is 16.1. The van der Waals surface area contributed by atoms with Crippen LogP contribution in [0.5, 0.6) is 0 Å². The molecule has 0 aromatic rings. The van der Waals surface area contributed by atoms with Crippen molar-refractivity contribution < 1.29 is 14.7 Å². The standard InChI is InChI=1S/C16H28N2O3/c1-11-4-6-14(7-5-11)17(3)16(21)18-9-8-13(15(19)20)10-12(18)2/h11-14H,4-10H2,1-3H3,(H,19,20). The number of carboxylic acid groups (broad SMARTS) is 1. The van der Waals surface area contributed by atoms with Crippen LogP contribution in [0.1, 0.15) is 52.4 Å². The molecular formula is C16H28N2O3. The molecule has 1 saturated carbocycles. The summed E-state index contributed by atoms with van der Waals surface area (Å²) in [6, 6.07) is 0.432. The summed E-state index contributed by atoms with van der Waals surface area (Å²) < 4.78 is 0. The van der Waals surface area contributed by atoms with Gasteiger partial charge in [0.25, 0.3) is 0 Å². The number of rotatable bonds is 2. The van der Waals surface area contributed by atoms with E-state index < -0.39 is 5.97 Å². The van der Waals surface area contributed by atoms with Gasteiger partial charge in [0.05, 0.1) is 5.92 Å². The molecule has 2 unspecified atom stereocenters. The number of likely N-dealkylation sites (tertiary alicyclic amines) is 1. The highest BCUT2D eigenvalue weighted by Crippen LogP contribution is 2.29. The van der Waals surface area contributed by atoms with Gasteiger partial charge in [-0.3, -0.25) is 4.79 Å². The van der Waals surface area contributed by atoms with Crippen molar-refractivity contribution in [1.29, 1.82) is 0 Å². The Bertz CT molecular complexity index is 391. The van der Waals surface area contributed by atoms with E-state index in [9.17, 15) is 9.59 Å². The van der Waals surface area contributed by atoms with Gasteiger partial charge in [0.1, 0.15) is 0 Å². The largest absolute Gasteiger partial charge is 0.481 e. The predicted octanol–water partition coefficient (Wildman–Crippen LogP) is 2.80. The highest BCUT2D eigenvalue weighted by Gasteiger charge is 2.35. The third kappa shape index (κ3) is 3.69. The molecule has 0 aromatic carbocycles. The van der Waals surface area contributed by atoms with E-state index in [2.05, 4.69) is 6.92 Å². The van der Waals surface area contributed by atoms with Crippen molar-refractivity contribution >= 4 is 12.0 Å². The van der Waals surface area contributed by atoms with Gasteiger partial charge in [-0.05, 0) is 51.4 Å². The number of hydrogen-bond acceptors (Lipinski definition) is 2. The summed E-state index contributed by atoms with van der Waals surface area (Å²) >= 11 is 0. The Morgan fingerprint density at radius 1 is 1.10 bits per heavy atom. The number of amides is 2. The molecule has 1 aliphatic carbocycles. The second-order valence-electron chi connectivity index (χ2n) is 6.91. The van der Waals surface area contributed by atoms with Crippen LogP contribution < -0.4 is 0 Å². The Labute approximate surface area is 127 Å². The molecule has 0 spiro atoms. The van der Waals surface area contributed by atoms with E-state index in [1.54, 1.807) is 0 Å². The number of nitrogens with zero attached hydrogens (tertiary/aromatic N) is 2. The summed E-state index contributed by atoms with van der Waals surface area (Å²) in [4.78, 5) is 27.5. The van der Waals surface area contributed by atoms with E-state index in [-0.39, 0.29) is 18.0 Å². The van der Waals surface area contributed by atoms with Crippen LogP contribution in [0, 0.1) is 11.8 Å². The van der Waals surface area contributed by atoms with E-state index >= 15 is 0 Å². The molecule has 0 aromatic heterocycles. The highest BCUT2D eigenvalue weighted by molar-refractivity contribution is 5.76. The molecule has 0 bridgehead atoms. The number of urea groups is 1. The van der Waals surface area contributed by atoms with E-state index in [0.29, 0.717) is 25.4 Å². The van der Waals surface area contributed by atoms with Crippen LogP contribution >= 0.6 is 0 Å². The number of carboxylic acids is 1. The summed E-state index contributed by atoms with van der Waals surface area (Å²) in [5, 5.41) is 9.10. The molecular weight excluding hydrogens is 268 g/mol. The van der Waals surface area contributed by atoms with Gasteiger partial charge >= 0.3 is 12.0 Å². The van der Waals surface area contributed by atoms with Crippen LogP contribution in [0.2, 0.25) is 0 Å². The third-order valence-corrected chi connectivity index (χ3v) is 5.31. The summed E-state index contributed by atoms with van der Waals surface area (Å²) in [7, 11) is 1.90. The fourth-order valence-electron chi connectivity index (χ4n) is 3.67. The van der Waals surface area contributed by atoms with Crippen LogP contribution in [-0.4, -0.2) is 52.6 Å². The zero-order chi connectivity index (χ0) is 15.6. The van der Waals surface area contributed by atoms with Gasteiger partial charge in [-0.2, -0.15) is 0 Å². The Kier molecular flexibility index (Phi) is 5.12. The molecule has 2 fully saturated rings. The van der Waals surface area contributed by atoms with Crippen molar-refractivity contribution in [3.8, 4) is 0 Å². The Morgan fingerprint density at radius 2 is 1.71 bits per heavy atom. The lowest BCUT2D eigenvalue weighted by Gasteiger charge is -2.41. The van der Waals surface area contributed by atoms with Crippen LogP contribution in [0.25, 0.3) is 0 Å². The van der Waals surface area contributed by atoms with Crippen molar-refractivity contribution in [3.05, 3.63) is 0 Å². The molecule has 1 heterocycles. The zero-order valence-corrected chi connectivity index (χ0v) is 13.4. The smallest absolute Gasteiger partial charge is 0.320 e. The van der Waals surface area contributed by atoms with Crippen LogP contribution in [0.15, 0.2) is 0 Å². The molecule has 5 nitrogen and oxygen atoms in total. The van der Waals surface area contributed by atoms with E-state index in [1.807, 2.05) is 23.8 Å². The zero-order valence-electron chi connectivity index (χ0n) is 13.4. The average Bonchev–Trinajstić information content (AvgIpc) is 2.46. The lowest BCUT2D eigenvalue weighted by Crippen LogP contribution is -2.53. The monoisotopic (exact) mass is 296 g/mol. The molecule has 2 amide bonds. The Balaban J connectivity index is 1.92. The molecule has 2 rings (SSSR count). The Morgan fingerprint density at radius 3 is 2.24 bits per heavy atom. The lowest BCUT2D eigenvalue weighted by atomic mass is 9.86. The maximum Gasteiger partial charge on any atom is 0.320 e.